The molecular weight excluding hydrogens is 378 g/mol. The fraction of sp³-hybridized carbons (Fsp3) is 0.850. The molecule has 0 aromatic heterocycles. The van der Waals surface area contributed by atoms with Crippen LogP contribution in [0.2, 0.25) is 0 Å². The second-order valence-corrected chi connectivity index (χ2v) is 11.4. The smallest absolute Gasteiger partial charge is 0.267 e. The summed E-state index contributed by atoms with van der Waals surface area (Å²) in [7, 11) is -3.11. The summed E-state index contributed by atoms with van der Waals surface area (Å²) in [4.78, 5) is 24.9. The molecule has 7 nitrogen and oxygen atoms in total. The maximum absolute atomic E-state index is 12.7. The quantitative estimate of drug-likeness (QED) is 0.750. The minimum Gasteiger partial charge on any atom is -0.348 e. The highest BCUT2D eigenvalue weighted by atomic mass is 32.2. The summed E-state index contributed by atoms with van der Waals surface area (Å²) in [5.74, 6) is 0.303. The minimum absolute atomic E-state index is 0.0611. The van der Waals surface area contributed by atoms with Crippen molar-refractivity contribution >= 4 is 27.4 Å². The number of amides is 2. The fourth-order valence-electron chi connectivity index (χ4n) is 4.56. The summed E-state index contributed by atoms with van der Waals surface area (Å²) in [5.41, 5.74) is 0.685. The number of nitrogens with zero attached hydrogens (tertiary/aromatic N) is 2. The van der Waals surface area contributed by atoms with Crippen LogP contribution in [0, 0.1) is 11.3 Å². The lowest BCUT2D eigenvalue weighted by Crippen LogP contribution is -2.47. The zero-order valence-corrected chi connectivity index (χ0v) is 18.1. The molecule has 0 spiro atoms. The van der Waals surface area contributed by atoms with Crippen molar-refractivity contribution in [2.45, 2.75) is 84.2 Å². The van der Waals surface area contributed by atoms with Gasteiger partial charge in [-0.1, -0.05) is 27.2 Å². The van der Waals surface area contributed by atoms with Crippen LogP contribution in [0.1, 0.15) is 72.1 Å². The molecule has 0 bridgehead atoms. The van der Waals surface area contributed by atoms with Gasteiger partial charge in [0.15, 0.2) is 9.84 Å². The van der Waals surface area contributed by atoms with Gasteiger partial charge in [-0.2, -0.15) is 5.10 Å². The largest absolute Gasteiger partial charge is 0.348 e. The molecule has 158 valence electrons. The first-order valence-electron chi connectivity index (χ1n) is 10.5. The van der Waals surface area contributed by atoms with Crippen LogP contribution in [-0.2, 0) is 19.4 Å². The normalized spacial score (nSPS) is 30.8. The number of hydrogen-bond acceptors (Lipinski definition) is 5. The van der Waals surface area contributed by atoms with Gasteiger partial charge in [0.05, 0.1) is 17.5 Å². The van der Waals surface area contributed by atoms with Crippen molar-refractivity contribution in [3.05, 3.63) is 0 Å². The van der Waals surface area contributed by atoms with E-state index in [2.05, 4.69) is 31.2 Å². The first-order valence-corrected chi connectivity index (χ1v) is 12.3. The number of hydrogen-bond donors (Lipinski definition) is 1. The molecular formula is C20H33N3O4S. The molecule has 2 aliphatic heterocycles. The van der Waals surface area contributed by atoms with Crippen molar-refractivity contribution in [1.82, 2.24) is 10.3 Å². The summed E-state index contributed by atoms with van der Waals surface area (Å²) in [6.45, 7) is 6.88. The predicted molar refractivity (Wildman–Crippen MR) is 109 cm³/mol. The Balaban J connectivity index is 1.58. The third-order valence-corrected chi connectivity index (χ3v) is 8.71. The monoisotopic (exact) mass is 411 g/mol. The lowest BCUT2D eigenvalue weighted by molar-refractivity contribution is -0.133. The maximum atomic E-state index is 12.7. The lowest BCUT2D eigenvalue weighted by atomic mass is 9.69. The van der Waals surface area contributed by atoms with Gasteiger partial charge in [0, 0.05) is 18.9 Å². The Morgan fingerprint density at radius 2 is 1.86 bits per heavy atom. The van der Waals surface area contributed by atoms with Gasteiger partial charge in [-0.15, -0.1) is 0 Å². The minimum atomic E-state index is -3.11. The molecule has 0 aromatic carbocycles. The number of sulfone groups is 1. The van der Waals surface area contributed by atoms with E-state index in [1.54, 1.807) is 0 Å². The predicted octanol–water partition coefficient (Wildman–Crippen LogP) is 2.26. The summed E-state index contributed by atoms with van der Waals surface area (Å²) in [5, 5.41) is 8.62. The molecule has 3 aliphatic rings. The van der Waals surface area contributed by atoms with E-state index in [0.717, 1.165) is 32.1 Å². The van der Waals surface area contributed by atoms with Gasteiger partial charge < -0.3 is 5.32 Å². The molecule has 1 saturated heterocycles. The Hall–Kier alpha value is -1.44. The molecule has 1 aliphatic carbocycles. The van der Waals surface area contributed by atoms with Crippen molar-refractivity contribution in [3.63, 3.8) is 0 Å². The van der Waals surface area contributed by atoms with Crippen LogP contribution in [0.15, 0.2) is 5.10 Å². The summed E-state index contributed by atoms with van der Waals surface area (Å²) in [6, 6.07) is -0.288. The molecule has 1 atom stereocenters. The Morgan fingerprint density at radius 3 is 2.43 bits per heavy atom. The SMILES string of the molecule is CCC(C)(C)C1CCC(NC(=O)C2=NN(C3CCS(=O)(=O)C3)C(=O)CC2)CC1. The van der Waals surface area contributed by atoms with Crippen molar-refractivity contribution < 1.29 is 18.0 Å². The van der Waals surface area contributed by atoms with Crippen molar-refractivity contribution in [3.8, 4) is 0 Å². The fourth-order valence-corrected chi connectivity index (χ4v) is 6.26. The van der Waals surface area contributed by atoms with E-state index in [1.165, 1.54) is 5.01 Å². The van der Waals surface area contributed by atoms with Gasteiger partial charge in [-0.25, -0.2) is 13.4 Å². The average Bonchev–Trinajstić information content (AvgIpc) is 3.02. The molecule has 0 radical (unpaired) electrons. The van der Waals surface area contributed by atoms with Gasteiger partial charge in [0.2, 0.25) is 5.91 Å². The van der Waals surface area contributed by atoms with Crippen LogP contribution in [0.25, 0.3) is 0 Å². The summed E-state index contributed by atoms with van der Waals surface area (Å²) >= 11 is 0. The number of nitrogens with one attached hydrogen (secondary N) is 1. The standard InChI is InChI=1S/C20H33N3O4S/c1-4-20(2,3)14-5-7-15(8-6-14)21-19(25)17-9-10-18(24)23(22-17)16-11-12-28(26,27)13-16/h14-16H,4-13H2,1-3H3,(H,21,25). The van der Waals surface area contributed by atoms with E-state index < -0.39 is 15.9 Å². The number of carbonyl (C=O) groups excluding carboxylic acids is 2. The molecule has 2 amide bonds. The molecule has 8 heteroatoms. The van der Waals surface area contributed by atoms with Gasteiger partial charge in [0.25, 0.3) is 5.91 Å². The van der Waals surface area contributed by atoms with E-state index in [1.807, 2.05) is 0 Å². The van der Waals surface area contributed by atoms with E-state index >= 15 is 0 Å². The lowest BCUT2D eigenvalue weighted by Gasteiger charge is -2.39. The van der Waals surface area contributed by atoms with Crippen molar-refractivity contribution in [1.29, 1.82) is 0 Å². The molecule has 1 N–H and O–H groups in total. The molecule has 0 aromatic rings. The molecule has 2 fully saturated rings. The van der Waals surface area contributed by atoms with Crippen LogP contribution in [0.4, 0.5) is 0 Å². The summed E-state index contributed by atoms with van der Waals surface area (Å²) in [6.07, 6.45) is 6.24. The Morgan fingerprint density at radius 1 is 1.18 bits per heavy atom. The van der Waals surface area contributed by atoms with Gasteiger partial charge in [-0.3, -0.25) is 9.59 Å². The molecule has 28 heavy (non-hydrogen) atoms. The van der Waals surface area contributed by atoms with E-state index in [9.17, 15) is 18.0 Å². The average molecular weight is 412 g/mol. The topological polar surface area (TPSA) is 95.9 Å². The second kappa shape index (κ2) is 8.13. The first-order chi connectivity index (χ1) is 13.1. The zero-order valence-electron chi connectivity index (χ0n) is 17.2. The molecule has 1 unspecified atom stereocenters. The highest BCUT2D eigenvalue weighted by molar-refractivity contribution is 7.91. The second-order valence-electron chi connectivity index (χ2n) is 9.21. The van der Waals surface area contributed by atoms with Crippen molar-refractivity contribution in [2.24, 2.45) is 16.4 Å². The Bertz CT molecular complexity index is 751. The van der Waals surface area contributed by atoms with Crippen LogP contribution in [-0.4, -0.2) is 54.5 Å². The van der Waals surface area contributed by atoms with E-state index in [-0.39, 0.29) is 35.8 Å². The Labute approximate surface area is 168 Å². The summed E-state index contributed by atoms with van der Waals surface area (Å²) < 4.78 is 23.4. The zero-order chi connectivity index (χ0) is 20.5. The Kier molecular flexibility index (Phi) is 6.17. The highest BCUT2D eigenvalue weighted by Gasteiger charge is 2.38. The number of carbonyl (C=O) groups is 2. The third-order valence-electron chi connectivity index (χ3n) is 6.95. The van der Waals surface area contributed by atoms with Crippen LogP contribution < -0.4 is 5.32 Å². The third kappa shape index (κ3) is 4.75. The van der Waals surface area contributed by atoms with Gasteiger partial charge >= 0.3 is 0 Å². The number of hydrazone groups is 1. The van der Waals surface area contributed by atoms with Crippen LogP contribution >= 0.6 is 0 Å². The van der Waals surface area contributed by atoms with E-state index in [0.29, 0.717) is 29.9 Å². The molecule has 3 rings (SSSR count). The van der Waals surface area contributed by atoms with Crippen molar-refractivity contribution in [2.75, 3.05) is 11.5 Å². The molecule has 2 heterocycles. The highest BCUT2D eigenvalue weighted by Crippen LogP contribution is 2.40. The van der Waals surface area contributed by atoms with Gasteiger partial charge in [-0.05, 0) is 43.4 Å². The molecule has 1 saturated carbocycles. The number of rotatable bonds is 5. The maximum Gasteiger partial charge on any atom is 0.267 e. The van der Waals surface area contributed by atoms with E-state index in [4.69, 9.17) is 0 Å². The van der Waals surface area contributed by atoms with Gasteiger partial charge in [0.1, 0.15) is 5.71 Å². The first kappa shape index (κ1) is 21.3. The van der Waals surface area contributed by atoms with Crippen LogP contribution in [0.3, 0.4) is 0 Å². The van der Waals surface area contributed by atoms with Crippen LogP contribution in [0.5, 0.6) is 0 Å².